The summed E-state index contributed by atoms with van der Waals surface area (Å²) in [5.41, 5.74) is 0.909. The summed E-state index contributed by atoms with van der Waals surface area (Å²) >= 11 is 1.23. The number of nitrogens with zero attached hydrogens (tertiary/aromatic N) is 4. The van der Waals surface area contributed by atoms with E-state index in [1.807, 2.05) is 19.9 Å². The molecule has 100 valence electrons. The van der Waals surface area contributed by atoms with Crippen LogP contribution in [-0.2, 0) is 4.79 Å². The van der Waals surface area contributed by atoms with Gasteiger partial charge in [0.1, 0.15) is 11.4 Å². The van der Waals surface area contributed by atoms with Crippen LogP contribution >= 0.6 is 11.8 Å². The predicted molar refractivity (Wildman–Crippen MR) is 71.6 cm³/mol. The zero-order valence-corrected chi connectivity index (χ0v) is 11.5. The zero-order valence-electron chi connectivity index (χ0n) is 10.6. The van der Waals surface area contributed by atoms with Gasteiger partial charge in [-0.15, -0.1) is 0 Å². The molecule has 0 saturated carbocycles. The maximum absolute atomic E-state index is 10.7. The number of carboxylic acids is 1. The van der Waals surface area contributed by atoms with Gasteiger partial charge in [0, 0.05) is 12.3 Å². The van der Waals surface area contributed by atoms with E-state index >= 15 is 0 Å². The van der Waals surface area contributed by atoms with Gasteiger partial charge in [-0.3, -0.25) is 4.79 Å². The van der Waals surface area contributed by atoms with Gasteiger partial charge >= 0.3 is 5.97 Å². The SMILES string of the molecule is CC(C)c1cc(SCC(=O)O)n(-c2ccncn2)n1. The van der Waals surface area contributed by atoms with Crippen LogP contribution in [0.3, 0.4) is 0 Å². The third-order valence-corrected chi connectivity index (χ3v) is 3.39. The fourth-order valence-corrected chi connectivity index (χ4v) is 2.21. The molecule has 0 unspecified atom stereocenters. The number of rotatable bonds is 5. The molecule has 7 heteroatoms. The fourth-order valence-electron chi connectivity index (χ4n) is 1.48. The van der Waals surface area contributed by atoms with E-state index in [0.29, 0.717) is 5.82 Å². The maximum atomic E-state index is 10.7. The van der Waals surface area contributed by atoms with E-state index in [1.54, 1.807) is 16.9 Å². The first-order valence-corrected chi connectivity index (χ1v) is 6.77. The molecule has 2 rings (SSSR count). The molecule has 0 aliphatic carbocycles. The lowest BCUT2D eigenvalue weighted by Gasteiger charge is -2.04. The topological polar surface area (TPSA) is 80.9 Å². The van der Waals surface area contributed by atoms with Crippen LogP contribution in [0.15, 0.2) is 29.7 Å². The second kappa shape index (κ2) is 5.83. The molecule has 6 nitrogen and oxygen atoms in total. The smallest absolute Gasteiger partial charge is 0.313 e. The van der Waals surface area contributed by atoms with Crippen molar-refractivity contribution in [2.75, 3.05) is 5.75 Å². The van der Waals surface area contributed by atoms with Crippen LogP contribution in [0.1, 0.15) is 25.5 Å². The van der Waals surface area contributed by atoms with Crippen LogP contribution < -0.4 is 0 Å². The number of hydrogen-bond acceptors (Lipinski definition) is 5. The first kappa shape index (κ1) is 13.5. The van der Waals surface area contributed by atoms with Gasteiger partial charge in [-0.25, -0.2) is 14.6 Å². The molecule has 0 amide bonds. The molecule has 2 heterocycles. The standard InChI is InChI=1S/C12H14N4O2S/c1-8(2)9-5-11(19-6-12(17)18)16(15-9)10-3-4-13-7-14-10/h3-5,7-8H,6H2,1-2H3,(H,17,18). The molecule has 0 aliphatic heterocycles. The highest BCUT2D eigenvalue weighted by Gasteiger charge is 2.14. The minimum absolute atomic E-state index is 0.00564. The molecule has 0 fully saturated rings. The molecule has 0 spiro atoms. The molecule has 0 saturated heterocycles. The van der Waals surface area contributed by atoms with Crippen LogP contribution in [-0.4, -0.2) is 36.6 Å². The number of carboxylic acid groups (broad SMARTS) is 1. The number of thioether (sulfide) groups is 1. The lowest BCUT2D eigenvalue weighted by Crippen LogP contribution is -2.04. The van der Waals surface area contributed by atoms with Crippen molar-refractivity contribution in [3.05, 3.63) is 30.4 Å². The maximum Gasteiger partial charge on any atom is 0.313 e. The highest BCUT2D eigenvalue weighted by molar-refractivity contribution is 7.99. The van der Waals surface area contributed by atoms with E-state index in [9.17, 15) is 4.79 Å². The van der Waals surface area contributed by atoms with Gasteiger partial charge in [0.25, 0.3) is 0 Å². The van der Waals surface area contributed by atoms with Gasteiger partial charge < -0.3 is 5.11 Å². The van der Waals surface area contributed by atoms with Crippen LogP contribution in [0.4, 0.5) is 0 Å². The highest BCUT2D eigenvalue weighted by atomic mass is 32.2. The Kier molecular flexibility index (Phi) is 4.16. The van der Waals surface area contributed by atoms with Crippen LogP contribution in [0.25, 0.3) is 5.82 Å². The summed E-state index contributed by atoms with van der Waals surface area (Å²) in [6.07, 6.45) is 3.07. The van der Waals surface area contributed by atoms with Crippen molar-refractivity contribution in [2.45, 2.75) is 24.8 Å². The van der Waals surface area contributed by atoms with Gasteiger partial charge in [-0.2, -0.15) is 5.10 Å². The lowest BCUT2D eigenvalue weighted by molar-refractivity contribution is -0.133. The summed E-state index contributed by atoms with van der Waals surface area (Å²) < 4.78 is 1.66. The first-order valence-electron chi connectivity index (χ1n) is 5.79. The largest absolute Gasteiger partial charge is 0.481 e. The van der Waals surface area contributed by atoms with Gasteiger partial charge in [-0.05, 0) is 12.0 Å². The summed E-state index contributed by atoms with van der Waals surface area (Å²) in [7, 11) is 0. The van der Waals surface area contributed by atoms with E-state index in [1.165, 1.54) is 18.1 Å². The highest BCUT2D eigenvalue weighted by Crippen LogP contribution is 2.25. The Labute approximate surface area is 114 Å². The van der Waals surface area contributed by atoms with Gasteiger partial charge in [-0.1, -0.05) is 25.6 Å². The van der Waals surface area contributed by atoms with Crippen molar-refractivity contribution in [1.82, 2.24) is 19.7 Å². The molecule has 0 bridgehead atoms. The molecule has 0 aliphatic rings. The summed E-state index contributed by atoms with van der Waals surface area (Å²) in [6, 6.07) is 3.64. The number of carbonyl (C=O) groups is 1. The van der Waals surface area contributed by atoms with E-state index in [-0.39, 0.29) is 11.7 Å². The van der Waals surface area contributed by atoms with Crippen LogP contribution in [0.2, 0.25) is 0 Å². The number of hydrogen-bond donors (Lipinski definition) is 1. The van der Waals surface area contributed by atoms with Gasteiger partial charge in [0.15, 0.2) is 5.82 Å². The van der Waals surface area contributed by atoms with E-state index in [2.05, 4.69) is 15.1 Å². The Morgan fingerprint density at radius 1 is 1.53 bits per heavy atom. The molecule has 2 aromatic heterocycles. The van der Waals surface area contributed by atoms with Crippen molar-refractivity contribution in [2.24, 2.45) is 0 Å². The van der Waals surface area contributed by atoms with Crippen molar-refractivity contribution >= 4 is 17.7 Å². The fraction of sp³-hybridized carbons (Fsp3) is 0.333. The van der Waals surface area contributed by atoms with Crippen molar-refractivity contribution in [3.63, 3.8) is 0 Å². The molecular weight excluding hydrogens is 264 g/mol. The Morgan fingerprint density at radius 3 is 2.89 bits per heavy atom. The van der Waals surface area contributed by atoms with E-state index < -0.39 is 5.97 Å². The zero-order chi connectivity index (χ0) is 13.8. The number of aliphatic carboxylic acids is 1. The van der Waals surface area contributed by atoms with Crippen molar-refractivity contribution in [1.29, 1.82) is 0 Å². The first-order chi connectivity index (χ1) is 9.08. The molecular formula is C12H14N4O2S. The van der Waals surface area contributed by atoms with E-state index in [0.717, 1.165) is 10.7 Å². The Morgan fingerprint density at radius 2 is 2.32 bits per heavy atom. The Hall–Kier alpha value is -1.89. The summed E-state index contributed by atoms with van der Waals surface area (Å²) in [5.74, 6) is 0.0440. The normalized spacial score (nSPS) is 10.9. The number of aromatic nitrogens is 4. The predicted octanol–water partition coefficient (Wildman–Crippen LogP) is 1.96. The molecule has 0 aromatic carbocycles. The molecule has 1 N–H and O–H groups in total. The van der Waals surface area contributed by atoms with Gasteiger partial charge in [0.2, 0.25) is 0 Å². The Bertz CT molecular complexity index is 568. The minimum Gasteiger partial charge on any atom is -0.481 e. The molecule has 2 aromatic rings. The van der Waals surface area contributed by atoms with Crippen molar-refractivity contribution < 1.29 is 9.90 Å². The summed E-state index contributed by atoms with van der Waals surface area (Å²) in [6.45, 7) is 4.08. The Balaban J connectivity index is 2.37. The lowest BCUT2D eigenvalue weighted by atomic mass is 10.1. The monoisotopic (exact) mass is 278 g/mol. The average Bonchev–Trinajstić information content (AvgIpc) is 2.81. The van der Waals surface area contributed by atoms with E-state index in [4.69, 9.17) is 5.11 Å². The third-order valence-electron chi connectivity index (χ3n) is 2.41. The second-order valence-electron chi connectivity index (χ2n) is 4.22. The second-order valence-corrected chi connectivity index (χ2v) is 5.22. The molecule has 0 radical (unpaired) electrons. The molecule has 19 heavy (non-hydrogen) atoms. The molecule has 0 atom stereocenters. The van der Waals surface area contributed by atoms with Gasteiger partial charge in [0.05, 0.1) is 11.4 Å². The summed E-state index contributed by atoms with van der Waals surface area (Å²) in [4.78, 5) is 18.7. The summed E-state index contributed by atoms with van der Waals surface area (Å²) in [5, 5.41) is 14.0. The average molecular weight is 278 g/mol. The van der Waals surface area contributed by atoms with Crippen molar-refractivity contribution in [3.8, 4) is 5.82 Å². The third kappa shape index (κ3) is 3.31. The van der Waals surface area contributed by atoms with Crippen LogP contribution in [0, 0.1) is 0 Å². The van der Waals surface area contributed by atoms with Crippen LogP contribution in [0.5, 0.6) is 0 Å². The minimum atomic E-state index is -0.855. The quantitative estimate of drug-likeness (QED) is 0.842.